The number of aromatic nitrogens is 1. The maximum atomic E-state index is 12.8. The van der Waals surface area contributed by atoms with Gasteiger partial charge in [0.1, 0.15) is 0 Å². The van der Waals surface area contributed by atoms with E-state index in [0.29, 0.717) is 30.7 Å². The summed E-state index contributed by atoms with van der Waals surface area (Å²) in [7, 11) is 1.91. The summed E-state index contributed by atoms with van der Waals surface area (Å²) in [6.07, 6.45) is 0. The zero-order chi connectivity index (χ0) is 21.3. The Hall–Kier alpha value is -3.39. The average Bonchev–Trinajstić information content (AvgIpc) is 2.76. The van der Waals surface area contributed by atoms with Gasteiger partial charge in [0.2, 0.25) is 0 Å². The van der Waals surface area contributed by atoms with Crippen molar-refractivity contribution in [3.8, 4) is 0 Å². The molecule has 0 spiro atoms. The van der Waals surface area contributed by atoms with E-state index in [4.69, 9.17) is 4.98 Å². The lowest BCUT2D eigenvalue weighted by Gasteiger charge is -2.15. The number of hydrogen-bond acceptors (Lipinski definition) is 5. The minimum Gasteiger partial charge on any atom is -0.383 e. The van der Waals surface area contributed by atoms with Gasteiger partial charge in [-0.2, -0.15) is 0 Å². The van der Waals surface area contributed by atoms with Crippen LogP contribution < -0.4 is 26.6 Å². The molecule has 5 N–H and O–H groups in total. The number of pyridine rings is 1. The number of carbonyl (C=O) groups is 2. The molecule has 0 fully saturated rings. The summed E-state index contributed by atoms with van der Waals surface area (Å²) in [5.41, 5.74) is 2.96. The SMILES string of the molecule is CCNC(=O)NCCNC(=O)c1cccc2c(NCCNC)c3ccccc3nc12. The highest BCUT2D eigenvalue weighted by atomic mass is 16.2. The number of anilines is 1. The topological polar surface area (TPSA) is 107 Å². The summed E-state index contributed by atoms with van der Waals surface area (Å²) >= 11 is 0. The first-order chi connectivity index (χ1) is 14.7. The van der Waals surface area contributed by atoms with Crippen LogP contribution in [-0.2, 0) is 0 Å². The summed E-state index contributed by atoms with van der Waals surface area (Å²) < 4.78 is 0. The van der Waals surface area contributed by atoms with Crippen molar-refractivity contribution in [1.82, 2.24) is 26.3 Å². The van der Waals surface area contributed by atoms with Crippen LogP contribution in [0.15, 0.2) is 42.5 Å². The molecule has 0 aliphatic rings. The van der Waals surface area contributed by atoms with Gasteiger partial charge in [0.05, 0.1) is 22.3 Å². The maximum absolute atomic E-state index is 12.8. The van der Waals surface area contributed by atoms with Crippen LogP contribution >= 0.6 is 0 Å². The lowest BCUT2D eigenvalue weighted by atomic mass is 10.0. The molecule has 0 atom stereocenters. The van der Waals surface area contributed by atoms with Gasteiger partial charge in [-0.05, 0) is 26.1 Å². The normalized spacial score (nSPS) is 10.7. The molecule has 1 aromatic heterocycles. The van der Waals surface area contributed by atoms with Gasteiger partial charge in [-0.1, -0.05) is 30.3 Å². The Morgan fingerprint density at radius 2 is 1.63 bits per heavy atom. The highest BCUT2D eigenvalue weighted by Crippen LogP contribution is 2.32. The molecule has 8 nitrogen and oxygen atoms in total. The molecule has 0 aliphatic carbocycles. The van der Waals surface area contributed by atoms with Gasteiger partial charge in [-0.15, -0.1) is 0 Å². The molecule has 0 aliphatic heterocycles. The third-order valence-electron chi connectivity index (χ3n) is 4.67. The van der Waals surface area contributed by atoms with Gasteiger partial charge in [-0.3, -0.25) is 4.79 Å². The number of benzene rings is 2. The van der Waals surface area contributed by atoms with Crippen LogP contribution in [0.4, 0.5) is 10.5 Å². The highest BCUT2D eigenvalue weighted by Gasteiger charge is 2.15. The molecular formula is C22H28N6O2. The van der Waals surface area contributed by atoms with Crippen LogP contribution in [-0.4, -0.2) is 56.7 Å². The Kier molecular flexibility index (Phi) is 7.40. The van der Waals surface area contributed by atoms with Crippen LogP contribution in [0.1, 0.15) is 17.3 Å². The van der Waals surface area contributed by atoms with Gasteiger partial charge in [0.25, 0.3) is 5.91 Å². The van der Waals surface area contributed by atoms with Crippen molar-refractivity contribution >= 4 is 39.4 Å². The molecule has 2 aromatic carbocycles. The first kappa shape index (κ1) is 21.3. The highest BCUT2D eigenvalue weighted by molar-refractivity contribution is 6.14. The van der Waals surface area contributed by atoms with E-state index < -0.39 is 0 Å². The molecule has 3 rings (SSSR count). The van der Waals surface area contributed by atoms with E-state index in [2.05, 4.69) is 26.6 Å². The fourth-order valence-electron chi connectivity index (χ4n) is 3.27. The van der Waals surface area contributed by atoms with Crippen molar-refractivity contribution in [1.29, 1.82) is 0 Å². The van der Waals surface area contributed by atoms with E-state index in [1.807, 2.05) is 50.4 Å². The van der Waals surface area contributed by atoms with E-state index in [-0.39, 0.29) is 11.9 Å². The number of urea groups is 1. The smallest absolute Gasteiger partial charge is 0.314 e. The molecular weight excluding hydrogens is 380 g/mol. The minimum atomic E-state index is -0.248. The second kappa shape index (κ2) is 10.4. The molecule has 0 saturated carbocycles. The monoisotopic (exact) mass is 408 g/mol. The van der Waals surface area contributed by atoms with E-state index in [1.54, 1.807) is 6.07 Å². The molecule has 0 saturated heterocycles. The minimum absolute atomic E-state index is 0.220. The van der Waals surface area contributed by atoms with Crippen LogP contribution in [0.2, 0.25) is 0 Å². The summed E-state index contributed by atoms with van der Waals surface area (Å²) in [5.74, 6) is -0.220. The number of para-hydroxylation sites is 2. The van der Waals surface area contributed by atoms with Crippen molar-refractivity contribution in [3.05, 3.63) is 48.0 Å². The summed E-state index contributed by atoms with van der Waals surface area (Å²) in [5, 5.41) is 16.7. The number of amides is 3. The number of rotatable bonds is 9. The lowest BCUT2D eigenvalue weighted by Crippen LogP contribution is -2.40. The zero-order valence-corrected chi connectivity index (χ0v) is 17.3. The average molecular weight is 409 g/mol. The quantitative estimate of drug-likeness (QED) is 0.275. The van der Waals surface area contributed by atoms with E-state index in [9.17, 15) is 9.59 Å². The predicted octanol–water partition coefficient (Wildman–Crippen LogP) is 2.07. The van der Waals surface area contributed by atoms with Crippen molar-refractivity contribution < 1.29 is 9.59 Å². The fourth-order valence-corrected chi connectivity index (χ4v) is 3.27. The molecule has 3 aromatic rings. The third-order valence-corrected chi connectivity index (χ3v) is 4.67. The lowest BCUT2D eigenvalue weighted by molar-refractivity contribution is 0.0955. The molecule has 8 heteroatoms. The standard InChI is InChI=1S/C22H28N6O2/c1-3-24-22(30)27-14-13-26-21(29)17-9-6-8-16-19(25-12-11-23-2)15-7-4-5-10-18(15)28-20(16)17/h4-10,23H,3,11-14H2,1-2H3,(H,25,28)(H,26,29)(H2,24,27,30). The maximum Gasteiger partial charge on any atom is 0.314 e. The molecule has 0 bridgehead atoms. The Morgan fingerprint density at radius 3 is 2.43 bits per heavy atom. The van der Waals surface area contributed by atoms with Crippen LogP contribution in [0.3, 0.4) is 0 Å². The third kappa shape index (κ3) is 4.96. The zero-order valence-electron chi connectivity index (χ0n) is 17.3. The first-order valence-corrected chi connectivity index (χ1v) is 10.2. The van der Waals surface area contributed by atoms with E-state index in [0.717, 1.165) is 35.1 Å². The van der Waals surface area contributed by atoms with Crippen molar-refractivity contribution in [3.63, 3.8) is 0 Å². The van der Waals surface area contributed by atoms with Crippen molar-refractivity contribution in [2.75, 3.05) is 45.1 Å². The van der Waals surface area contributed by atoms with E-state index >= 15 is 0 Å². The molecule has 1 heterocycles. The second-order valence-electron chi connectivity index (χ2n) is 6.78. The van der Waals surface area contributed by atoms with Gasteiger partial charge < -0.3 is 26.6 Å². The summed E-state index contributed by atoms with van der Waals surface area (Å²) in [4.78, 5) is 29.0. The number of likely N-dealkylation sites (N-methyl/N-ethyl adjacent to an activating group) is 1. The van der Waals surface area contributed by atoms with E-state index in [1.165, 1.54) is 0 Å². The predicted molar refractivity (Wildman–Crippen MR) is 121 cm³/mol. The van der Waals surface area contributed by atoms with Crippen molar-refractivity contribution in [2.24, 2.45) is 0 Å². The van der Waals surface area contributed by atoms with Crippen LogP contribution in [0, 0.1) is 0 Å². The summed E-state index contributed by atoms with van der Waals surface area (Å²) in [6, 6.07) is 13.3. The van der Waals surface area contributed by atoms with Gasteiger partial charge in [-0.25, -0.2) is 9.78 Å². The molecule has 158 valence electrons. The van der Waals surface area contributed by atoms with Gasteiger partial charge in [0, 0.05) is 43.5 Å². The summed E-state index contributed by atoms with van der Waals surface area (Å²) in [6.45, 7) is 4.64. The molecule has 30 heavy (non-hydrogen) atoms. The fraction of sp³-hybridized carbons (Fsp3) is 0.318. The Balaban J connectivity index is 1.87. The second-order valence-corrected chi connectivity index (χ2v) is 6.78. The van der Waals surface area contributed by atoms with Gasteiger partial charge in [0.15, 0.2) is 0 Å². The van der Waals surface area contributed by atoms with Crippen LogP contribution in [0.25, 0.3) is 21.8 Å². The molecule has 3 amide bonds. The number of nitrogens with zero attached hydrogens (tertiary/aromatic N) is 1. The number of fused-ring (bicyclic) bond motifs is 2. The van der Waals surface area contributed by atoms with Crippen molar-refractivity contribution in [2.45, 2.75) is 6.92 Å². The van der Waals surface area contributed by atoms with Crippen LogP contribution in [0.5, 0.6) is 0 Å². The Bertz CT molecular complexity index is 1040. The number of carbonyl (C=O) groups excluding carboxylic acids is 2. The number of nitrogens with one attached hydrogen (secondary N) is 5. The first-order valence-electron chi connectivity index (χ1n) is 10.2. The molecule has 0 unspecified atom stereocenters. The largest absolute Gasteiger partial charge is 0.383 e. The number of hydrogen-bond donors (Lipinski definition) is 5. The Labute approximate surface area is 175 Å². The van der Waals surface area contributed by atoms with Gasteiger partial charge >= 0.3 is 6.03 Å². The molecule has 0 radical (unpaired) electrons. The Morgan fingerprint density at radius 1 is 0.867 bits per heavy atom.